The molecule has 3 nitrogen and oxygen atoms in total. The lowest BCUT2D eigenvalue weighted by Crippen LogP contribution is -1.85. The Kier molecular flexibility index (Phi) is 1.86. The van der Waals surface area contributed by atoms with E-state index in [9.17, 15) is 0 Å². The minimum Gasteiger partial charge on any atom is -0.392 e. The Labute approximate surface area is 77.5 Å². The molecule has 0 atom stereocenters. The first kappa shape index (κ1) is 7.76. The van der Waals surface area contributed by atoms with Gasteiger partial charge in [-0.05, 0) is 12.1 Å². The summed E-state index contributed by atoms with van der Waals surface area (Å²) < 4.78 is 0.916. The van der Waals surface area contributed by atoms with E-state index < -0.39 is 0 Å². The van der Waals surface area contributed by atoms with Gasteiger partial charge in [-0.2, -0.15) is 5.10 Å². The number of nitrogens with one attached hydrogen (secondary N) is 1. The van der Waals surface area contributed by atoms with Gasteiger partial charge < -0.3 is 5.11 Å². The summed E-state index contributed by atoms with van der Waals surface area (Å²) in [6, 6.07) is 3.82. The maximum Gasteiger partial charge on any atom is 0.0700 e. The van der Waals surface area contributed by atoms with Crippen LogP contribution in [-0.2, 0) is 6.61 Å². The molecule has 1 aromatic carbocycles. The highest BCUT2D eigenvalue weighted by molar-refractivity contribution is 9.10. The lowest BCUT2D eigenvalue weighted by atomic mass is 10.1. The summed E-state index contributed by atoms with van der Waals surface area (Å²) in [5.41, 5.74) is 1.82. The van der Waals surface area contributed by atoms with E-state index in [1.807, 2.05) is 12.1 Å². The highest BCUT2D eigenvalue weighted by Gasteiger charge is 2.05. The summed E-state index contributed by atoms with van der Waals surface area (Å²) in [5, 5.41) is 16.8. The Balaban J connectivity index is 2.83. The molecule has 2 aromatic rings. The Morgan fingerprint density at radius 3 is 3.08 bits per heavy atom. The number of aromatic amines is 1. The molecular formula is C8H7BrN2O. The molecule has 0 fully saturated rings. The number of hydrogen-bond acceptors (Lipinski definition) is 2. The van der Waals surface area contributed by atoms with Gasteiger partial charge in [0.2, 0.25) is 0 Å². The quantitative estimate of drug-likeness (QED) is 0.780. The molecule has 12 heavy (non-hydrogen) atoms. The van der Waals surface area contributed by atoms with E-state index in [-0.39, 0.29) is 6.61 Å². The van der Waals surface area contributed by atoms with Crippen molar-refractivity contribution in [1.82, 2.24) is 10.2 Å². The van der Waals surface area contributed by atoms with Crippen LogP contribution in [0.2, 0.25) is 0 Å². The van der Waals surface area contributed by atoms with E-state index in [2.05, 4.69) is 26.1 Å². The first-order chi connectivity index (χ1) is 5.83. The van der Waals surface area contributed by atoms with Gasteiger partial charge in [-0.25, -0.2) is 0 Å². The van der Waals surface area contributed by atoms with Crippen LogP contribution >= 0.6 is 15.9 Å². The zero-order valence-corrected chi connectivity index (χ0v) is 7.80. The molecule has 0 saturated heterocycles. The number of nitrogens with zero attached hydrogens (tertiary/aromatic N) is 1. The lowest BCUT2D eigenvalue weighted by Gasteiger charge is -2.00. The highest BCUT2D eigenvalue weighted by atomic mass is 79.9. The fourth-order valence-corrected chi connectivity index (χ4v) is 1.68. The van der Waals surface area contributed by atoms with Crippen molar-refractivity contribution in [3.63, 3.8) is 0 Å². The largest absolute Gasteiger partial charge is 0.392 e. The number of benzene rings is 1. The summed E-state index contributed by atoms with van der Waals surface area (Å²) >= 11 is 3.36. The highest BCUT2D eigenvalue weighted by Crippen LogP contribution is 2.24. The fraction of sp³-hybridized carbons (Fsp3) is 0.125. The van der Waals surface area contributed by atoms with Crippen molar-refractivity contribution in [1.29, 1.82) is 0 Å². The van der Waals surface area contributed by atoms with Crippen LogP contribution in [0, 0.1) is 0 Å². The average molecular weight is 227 g/mol. The number of aliphatic hydroxyl groups is 1. The topological polar surface area (TPSA) is 48.9 Å². The van der Waals surface area contributed by atoms with Crippen molar-refractivity contribution in [3.05, 3.63) is 28.4 Å². The van der Waals surface area contributed by atoms with Crippen LogP contribution < -0.4 is 0 Å². The van der Waals surface area contributed by atoms with Crippen LogP contribution in [0.1, 0.15) is 5.56 Å². The van der Waals surface area contributed by atoms with Gasteiger partial charge in [0, 0.05) is 15.4 Å². The zero-order valence-electron chi connectivity index (χ0n) is 6.21. The molecule has 0 unspecified atom stereocenters. The molecule has 0 aliphatic heterocycles. The summed E-state index contributed by atoms with van der Waals surface area (Å²) in [5.74, 6) is 0. The van der Waals surface area contributed by atoms with E-state index in [0.717, 1.165) is 20.9 Å². The van der Waals surface area contributed by atoms with E-state index in [0.29, 0.717) is 0 Å². The summed E-state index contributed by atoms with van der Waals surface area (Å²) in [7, 11) is 0. The maximum atomic E-state index is 9.06. The van der Waals surface area contributed by atoms with Crippen LogP contribution in [0.5, 0.6) is 0 Å². The van der Waals surface area contributed by atoms with Gasteiger partial charge in [-0.1, -0.05) is 15.9 Å². The van der Waals surface area contributed by atoms with E-state index >= 15 is 0 Å². The van der Waals surface area contributed by atoms with Gasteiger partial charge in [0.1, 0.15) is 0 Å². The number of aromatic nitrogens is 2. The normalized spacial score (nSPS) is 10.8. The summed E-state index contributed by atoms with van der Waals surface area (Å²) in [6.45, 7) is 0.0253. The van der Waals surface area contributed by atoms with E-state index in [4.69, 9.17) is 5.11 Å². The number of aliphatic hydroxyl groups excluding tert-OH is 1. The third-order valence-electron chi connectivity index (χ3n) is 1.84. The Morgan fingerprint density at radius 1 is 1.50 bits per heavy atom. The second kappa shape index (κ2) is 2.88. The summed E-state index contributed by atoms with van der Waals surface area (Å²) in [6.07, 6.45) is 1.71. The minimum atomic E-state index is 0.0253. The Bertz CT molecular complexity index is 410. The van der Waals surface area contributed by atoms with Crippen LogP contribution in [-0.4, -0.2) is 15.3 Å². The van der Waals surface area contributed by atoms with Crippen LogP contribution in [0.15, 0.2) is 22.8 Å². The van der Waals surface area contributed by atoms with Crippen molar-refractivity contribution in [2.45, 2.75) is 6.61 Å². The van der Waals surface area contributed by atoms with Gasteiger partial charge in [0.15, 0.2) is 0 Å². The van der Waals surface area contributed by atoms with Crippen molar-refractivity contribution in [3.8, 4) is 0 Å². The van der Waals surface area contributed by atoms with Gasteiger partial charge in [-0.3, -0.25) is 5.10 Å². The van der Waals surface area contributed by atoms with Crippen molar-refractivity contribution < 1.29 is 5.11 Å². The van der Waals surface area contributed by atoms with Gasteiger partial charge in [-0.15, -0.1) is 0 Å². The van der Waals surface area contributed by atoms with Gasteiger partial charge >= 0.3 is 0 Å². The average Bonchev–Trinajstić information content (AvgIpc) is 2.52. The predicted molar refractivity (Wildman–Crippen MR) is 49.7 cm³/mol. The van der Waals surface area contributed by atoms with E-state index in [1.165, 1.54) is 0 Å². The van der Waals surface area contributed by atoms with Crippen LogP contribution in [0.4, 0.5) is 0 Å². The summed E-state index contributed by atoms with van der Waals surface area (Å²) in [4.78, 5) is 0. The Hall–Kier alpha value is -0.870. The number of hydrogen-bond donors (Lipinski definition) is 2. The fourth-order valence-electron chi connectivity index (χ4n) is 1.21. The van der Waals surface area contributed by atoms with Crippen molar-refractivity contribution in [2.24, 2.45) is 0 Å². The first-order valence-corrected chi connectivity index (χ1v) is 4.33. The molecule has 4 heteroatoms. The molecule has 62 valence electrons. The smallest absolute Gasteiger partial charge is 0.0700 e. The molecule has 0 saturated carbocycles. The molecule has 1 aromatic heterocycles. The van der Waals surface area contributed by atoms with E-state index in [1.54, 1.807) is 6.20 Å². The van der Waals surface area contributed by atoms with Crippen molar-refractivity contribution in [2.75, 3.05) is 0 Å². The molecule has 0 amide bonds. The second-order valence-corrected chi connectivity index (χ2v) is 3.37. The molecule has 0 aliphatic carbocycles. The SMILES string of the molecule is OCc1c(Br)ccc2[nH]ncc12. The first-order valence-electron chi connectivity index (χ1n) is 3.54. The molecule has 0 aliphatic rings. The van der Waals surface area contributed by atoms with Gasteiger partial charge in [0.25, 0.3) is 0 Å². The predicted octanol–water partition coefficient (Wildman–Crippen LogP) is 1.82. The van der Waals surface area contributed by atoms with Crippen LogP contribution in [0.3, 0.4) is 0 Å². The number of rotatable bonds is 1. The molecule has 1 heterocycles. The third-order valence-corrected chi connectivity index (χ3v) is 2.58. The number of halogens is 1. The zero-order chi connectivity index (χ0) is 8.55. The maximum absolute atomic E-state index is 9.06. The molecule has 0 radical (unpaired) electrons. The molecular weight excluding hydrogens is 220 g/mol. The molecule has 2 N–H and O–H groups in total. The molecule has 0 bridgehead atoms. The third kappa shape index (κ3) is 1.04. The van der Waals surface area contributed by atoms with Crippen LogP contribution in [0.25, 0.3) is 10.9 Å². The standard InChI is InChI=1S/C8H7BrN2O/c9-7-1-2-8-5(3-10-11-8)6(7)4-12/h1-3,12H,4H2,(H,10,11). The molecule has 2 rings (SSSR count). The lowest BCUT2D eigenvalue weighted by molar-refractivity contribution is 0.282. The van der Waals surface area contributed by atoms with Gasteiger partial charge in [0.05, 0.1) is 18.3 Å². The Morgan fingerprint density at radius 2 is 2.33 bits per heavy atom. The monoisotopic (exact) mass is 226 g/mol. The minimum absolute atomic E-state index is 0.0253. The molecule has 0 spiro atoms. The second-order valence-electron chi connectivity index (χ2n) is 2.52. The van der Waals surface area contributed by atoms with Crippen molar-refractivity contribution >= 4 is 26.8 Å². The number of fused-ring (bicyclic) bond motifs is 1. The number of H-pyrrole nitrogens is 1.